The summed E-state index contributed by atoms with van der Waals surface area (Å²) in [6.07, 6.45) is 1.55. The number of aryl methyl sites for hydroxylation is 2. The van der Waals surface area contributed by atoms with E-state index in [0.29, 0.717) is 23.6 Å². The Hall–Kier alpha value is -3.06. The molecule has 0 aliphatic rings. The van der Waals surface area contributed by atoms with Gasteiger partial charge in [0.2, 0.25) is 5.91 Å². The molecule has 0 spiro atoms. The van der Waals surface area contributed by atoms with Crippen molar-refractivity contribution in [2.24, 2.45) is 5.92 Å². The smallest absolute Gasteiger partial charge is 0.330 e. The molecule has 0 bridgehead atoms. The Morgan fingerprint density at radius 3 is 2.66 bits per heavy atom. The van der Waals surface area contributed by atoms with Crippen LogP contribution in [-0.2, 0) is 11.3 Å². The molecule has 0 aromatic carbocycles. The molecule has 0 fully saturated rings. The number of nitrogens with two attached hydrogens (primary N) is 1. The van der Waals surface area contributed by atoms with E-state index in [0.717, 1.165) is 29.4 Å². The molecule has 0 aliphatic carbocycles. The minimum absolute atomic E-state index is 0.0195. The third kappa shape index (κ3) is 5.79. The highest BCUT2D eigenvalue weighted by atomic mass is 32.2. The van der Waals surface area contributed by atoms with Crippen LogP contribution in [0, 0.1) is 31.1 Å². The van der Waals surface area contributed by atoms with Crippen LogP contribution in [0.2, 0.25) is 0 Å². The quantitative estimate of drug-likeness (QED) is 0.551. The van der Waals surface area contributed by atoms with Gasteiger partial charge in [-0.3, -0.25) is 19.1 Å². The zero-order valence-electron chi connectivity index (χ0n) is 19.2. The van der Waals surface area contributed by atoms with E-state index >= 15 is 0 Å². The van der Waals surface area contributed by atoms with Crippen LogP contribution in [0.15, 0.2) is 20.7 Å². The van der Waals surface area contributed by atoms with Crippen molar-refractivity contribution in [1.29, 1.82) is 5.26 Å². The maximum atomic E-state index is 13.2. The highest BCUT2D eigenvalue weighted by molar-refractivity contribution is 8.00. The number of nitrogens with zero attached hydrogens (tertiary/aromatic N) is 4. The average molecular weight is 459 g/mol. The van der Waals surface area contributed by atoms with Crippen LogP contribution in [0.5, 0.6) is 0 Å². The van der Waals surface area contributed by atoms with Crippen molar-refractivity contribution in [2.75, 3.05) is 22.9 Å². The van der Waals surface area contributed by atoms with Gasteiger partial charge in [-0.1, -0.05) is 39.0 Å². The topological polar surface area (TPSA) is 138 Å². The predicted octanol–water partition coefficient (Wildman–Crippen LogP) is 2.58. The van der Waals surface area contributed by atoms with Crippen LogP contribution in [-0.4, -0.2) is 32.7 Å². The third-order valence-electron chi connectivity index (χ3n) is 4.82. The number of H-pyrrole nitrogens is 1. The molecule has 0 aliphatic heterocycles. The molecule has 172 valence electrons. The van der Waals surface area contributed by atoms with Crippen LogP contribution < -0.4 is 21.9 Å². The van der Waals surface area contributed by atoms with Crippen molar-refractivity contribution in [3.63, 3.8) is 0 Å². The van der Waals surface area contributed by atoms with E-state index in [2.05, 4.69) is 16.0 Å². The summed E-state index contributed by atoms with van der Waals surface area (Å²) >= 11 is 1.14. The Morgan fingerprint density at radius 2 is 2.06 bits per heavy atom. The Bertz CT molecular complexity index is 1150. The molecule has 32 heavy (non-hydrogen) atoms. The van der Waals surface area contributed by atoms with Gasteiger partial charge < -0.3 is 10.6 Å². The number of nitriles is 1. The minimum atomic E-state index is -0.693. The lowest BCUT2D eigenvalue weighted by Crippen LogP contribution is -2.43. The van der Waals surface area contributed by atoms with Crippen molar-refractivity contribution in [1.82, 2.24) is 14.5 Å². The molecule has 3 N–H and O–H groups in total. The number of carbonyl (C=O) groups is 1. The summed E-state index contributed by atoms with van der Waals surface area (Å²) < 4.78 is 1.30. The first-order valence-corrected chi connectivity index (χ1v) is 11.5. The lowest BCUT2D eigenvalue weighted by molar-refractivity contribution is -0.116. The Labute approximate surface area is 191 Å². The van der Waals surface area contributed by atoms with E-state index in [1.807, 2.05) is 40.7 Å². The van der Waals surface area contributed by atoms with Crippen LogP contribution >= 0.6 is 11.8 Å². The minimum Gasteiger partial charge on any atom is -0.383 e. The van der Waals surface area contributed by atoms with E-state index in [4.69, 9.17) is 5.73 Å². The summed E-state index contributed by atoms with van der Waals surface area (Å²) in [5.41, 5.74) is 6.88. The number of thioether (sulfide) groups is 1. The fourth-order valence-corrected chi connectivity index (χ4v) is 4.29. The molecule has 2 aromatic rings. The van der Waals surface area contributed by atoms with Crippen LogP contribution in [0.3, 0.4) is 0 Å². The van der Waals surface area contributed by atoms with Crippen molar-refractivity contribution < 1.29 is 4.79 Å². The van der Waals surface area contributed by atoms with Crippen LogP contribution in [0.25, 0.3) is 0 Å². The van der Waals surface area contributed by atoms with E-state index < -0.39 is 11.2 Å². The van der Waals surface area contributed by atoms with Gasteiger partial charge in [-0.15, -0.1) is 0 Å². The number of pyridine rings is 1. The van der Waals surface area contributed by atoms with Gasteiger partial charge in [0.1, 0.15) is 16.9 Å². The highest BCUT2D eigenvalue weighted by Gasteiger charge is 2.25. The first kappa shape index (κ1) is 25.2. The van der Waals surface area contributed by atoms with Gasteiger partial charge in [-0.05, 0) is 37.8 Å². The summed E-state index contributed by atoms with van der Waals surface area (Å²) in [7, 11) is 0. The second kappa shape index (κ2) is 11.0. The summed E-state index contributed by atoms with van der Waals surface area (Å²) in [6, 6.07) is 3.95. The summed E-state index contributed by atoms with van der Waals surface area (Å²) in [4.78, 5) is 46.2. The lowest BCUT2D eigenvalue weighted by atomic mass is 10.1. The van der Waals surface area contributed by atoms with Crippen molar-refractivity contribution in [3.8, 4) is 6.07 Å². The number of carbonyl (C=O) groups excluding carboxylic acids is 1. The van der Waals surface area contributed by atoms with E-state index in [1.54, 1.807) is 0 Å². The maximum Gasteiger partial charge on any atom is 0.330 e. The number of nitrogen functional groups attached to an aromatic ring is 1. The van der Waals surface area contributed by atoms with Gasteiger partial charge in [-0.2, -0.15) is 5.26 Å². The maximum absolute atomic E-state index is 13.2. The van der Waals surface area contributed by atoms with Crippen molar-refractivity contribution >= 4 is 29.2 Å². The largest absolute Gasteiger partial charge is 0.383 e. The second-order valence-electron chi connectivity index (χ2n) is 8.06. The predicted molar refractivity (Wildman–Crippen MR) is 127 cm³/mol. The number of anilines is 2. The Balaban J connectivity index is 2.44. The monoisotopic (exact) mass is 458 g/mol. The van der Waals surface area contributed by atoms with Crippen molar-refractivity contribution in [3.05, 3.63) is 43.7 Å². The molecule has 1 amide bonds. The SMILES string of the molecule is CCCCn1c(N)c(N(CC(C)C)C(=O)CSc2nc(C)cc(C)c2C#N)c(=O)[nH]c1=O. The van der Waals surface area contributed by atoms with Gasteiger partial charge in [0.15, 0.2) is 5.69 Å². The molecule has 2 rings (SSSR count). The van der Waals surface area contributed by atoms with Gasteiger partial charge in [0, 0.05) is 18.8 Å². The highest BCUT2D eigenvalue weighted by Crippen LogP contribution is 2.26. The first-order chi connectivity index (χ1) is 15.1. The molecule has 2 heterocycles. The summed E-state index contributed by atoms with van der Waals surface area (Å²) in [5, 5.41) is 9.94. The molecule has 0 atom stereocenters. The summed E-state index contributed by atoms with van der Waals surface area (Å²) in [6.45, 7) is 10.1. The number of unbranched alkanes of at least 4 members (excludes halogenated alkanes) is 1. The number of hydrogen-bond donors (Lipinski definition) is 2. The zero-order chi connectivity index (χ0) is 24.0. The zero-order valence-corrected chi connectivity index (χ0v) is 20.0. The fourth-order valence-electron chi connectivity index (χ4n) is 3.31. The number of hydrogen-bond acceptors (Lipinski definition) is 7. The standard InChI is InChI=1S/C22H30N6O3S/c1-6-7-8-27-19(24)18(20(30)26-22(27)31)28(11-13(2)3)17(29)12-32-21-16(10-23)14(4)9-15(5)25-21/h9,13H,6-8,11-12,24H2,1-5H3,(H,26,30,31). The molecule has 2 aromatic heterocycles. The third-order valence-corrected chi connectivity index (χ3v) is 5.78. The van der Waals surface area contributed by atoms with Crippen LogP contribution in [0.4, 0.5) is 11.5 Å². The summed E-state index contributed by atoms with van der Waals surface area (Å²) in [5.74, 6) is -0.364. The van der Waals surface area contributed by atoms with Crippen LogP contribution in [0.1, 0.15) is 50.4 Å². The molecule has 10 heteroatoms. The van der Waals surface area contributed by atoms with Crippen molar-refractivity contribution in [2.45, 2.75) is 59.0 Å². The van der Waals surface area contributed by atoms with Gasteiger partial charge in [-0.25, -0.2) is 9.78 Å². The molecule has 9 nitrogen and oxygen atoms in total. The number of aromatic amines is 1. The van der Waals surface area contributed by atoms with Gasteiger partial charge >= 0.3 is 5.69 Å². The second-order valence-corrected chi connectivity index (χ2v) is 9.02. The normalized spacial score (nSPS) is 10.9. The molecular formula is C22H30N6O3S. The first-order valence-electron chi connectivity index (χ1n) is 10.5. The van der Waals surface area contributed by atoms with Gasteiger partial charge in [0.05, 0.1) is 11.3 Å². The number of aromatic nitrogens is 3. The molecular weight excluding hydrogens is 428 g/mol. The Morgan fingerprint density at radius 1 is 1.38 bits per heavy atom. The number of amides is 1. The number of rotatable bonds is 9. The molecule has 0 radical (unpaired) electrons. The fraction of sp³-hybridized carbons (Fsp3) is 0.500. The number of nitrogens with one attached hydrogen (secondary N) is 1. The molecule has 0 saturated heterocycles. The Kier molecular flexibility index (Phi) is 8.66. The van der Waals surface area contributed by atoms with E-state index in [1.165, 1.54) is 9.47 Å². The van der Waals surface area contributed by atoms with Gasteiger partial charge in [0.25, 0.3) is 5.56 Å². The lowest BCUT2D eigenvalue weighted by Gasteiger charge is -2.26. The average Bonchev–Trinajstić information content (AvgIpc) is 2.70. The molecule has 0 saturated carbocycles. The van der Waals surface area contributed by atoms with E-state index in [-0.39, 0.29) is 35.6 Å². The van der Waals surface area contributed by atoms with E-state index in [9.17, 15) is 19.6 Å². The molecule has 0 unspecified atom stereocenters.